The van der Waals surface area contributed by atoms with E-state index in [1.54, 1.807) is 13.2 Å². The summed E-state index contributed by atoms with van der Waals surface area (Å²) in [5.74, 6) is 1.04. The molecule has 0 fully saturated rings. The first-order valence-corrected chi connectivity index (χ1v) is 6.98. The number of aliphatic imine (C=N–C) groups is 1. The third-order valence-corrected chi connectivity index (χ3v) is 3.22. The standard InChI is InChI=1S/C13H17BrF3N3O.HI/c1-18-12(19-6-5-13(15,16)17)20-8-9-3-4-11(21-2)10(14)7-9;/h3-4,7H,5-6,8H2,1-2H3,(H2,18,19,20);1H. The topological polar surface area (TPSA) is 45.7 Å². The fourth-order valence-electron chi connectivity index (χ4n) is 1.55. The molecule has 0 saturated carbocycles. The minimum atomic E-state index is -4.17. The second-order valence-electron chi connectivity index (χ2n) is 4.19. The number of nitrogens with zero attached hydrogens (tertiary/aromatic N) is 1. The van der Waals surface area contributed by atoms with Crippen LogP contribution in [0.4, 0.5) is 13.2 Å². The highest BCUT2D eigenvalue weighted by Crippen LogP contribution is 2.25. The average molecular weight is 496 g/mol. The first-order valence-electron chi connectivity index (χ1n) is 6.19. The van der Waals surface area contributed by atoms with Gasteiger partial charge in [0.05, 0.1) is 18.0 Å². The summed E-state index contributed by atoms with van der Waals surface area (Å²) in [6, 6.07) is 5.54. The number of hydrogen-bond donors (Lipinski definition) is 2. The van der Waals surface area contributed by atoms with Gasteiger partial charge in [-0.25, -0.2) is 0 Å². The van der Waals surface area contributed by atoms with Gasteiger partial charge in [-0.1, -0.05) is 6.07 Å². The highest BCUT2D eigenvalue weighted by Gasteiger charge is 2.26. The molecule has 0 aromatic heterocycles. The van der Waals surface area contributed by atoms with Crippen molar-refractivity contribution in [1.29, 1.82) is 0 Å². The number of ether oxygens (including phenoxy) is 1. The Morgan fingerprint density at radius 3 is 2.50 bits per heavy atom. The molecule has 0 aliphatic carbocycles. The molecule has 0 amide bonds. The molecule has 126 valence electrons. The van der Waals surface area contributed by atoms with E-state index in [2.05, 4.69) is 31.6 Å². The Morgan fingerprint density at radius 2 is 2.00 bits per heavy atom. The van der Waals surface area contributed by atoms with Crippen molar-refractivity contribution in [3.63, 3.8) is 0 Å². The molecule has 0 atom stereocenters. The van der Waals surface area contributed by atoms with E-state index >= 15 is 0 Å². The van der Waals surface area contributed by atoms with Gasteiger partial charge in [0, 0.05) is 20.1 Å². The molecule has 1 aromatic carbocycles. The highest BCUT2D eigenvalue weighted by molar-refractivity contribution is 14.0. The predicted molar refractivity (Wildman–Crippen MR) is 95.0 cm³/mol. The molecule has 0 aliphatic rings. The first-order chi connectivity index (χ1) is 9.85. The van der Waals surface area contributed by atoms with Crippen LogP contribution in [-0.2, 0) is 6.54 Å². The molecule has 0 heterocycles. The van der Waals surface area contributed by atoms with Gasteiger partial charge in [0.1, 0.15) is 5.75 Å². The van der Waals surface area contributed by atoms with Crippen molar-refractivity contribution < 1.29 is 17.9 Å². The Bertz CT molecular complexity index is 498. The van der Waals surface area contributed by atoms with Crippen LogP contribution in [0.25, 0.3) is 0 Å². The number of hydrogen-bond acceptors (Lipinski definition) is 2. The maximum absolute atomic E-state index is 12.1. The molecule has 2 N–H and O–H groups in total. The molecule has 1 aromatic rings. The molecule has 0 radical (unpaired) electrons. The van der Waals surface area contributed by atoms with E-state index in [0.29, 0.717) is 18.3 Å². The minimum absolute atomic E-state index is 0. The molecule has 1 rings (SSSR count). The number of halogens is 5. The lowest BCUT2D eigenvalue weighted by Gasteiger charge is -2.13. The van der Waals surface area contributed by atoms with Crippen LogP contribution in [0.3, 0.4) is 0 Å². The van der Waals surface area contributed by atoms with Crippen LogP contribution >= 0.6 is 39.9 Å². The number of guanidine groups is 1. The largest absolute Gasteiger partial charge is 0.496 e. The Labute approximate surface area is 153 Å². The lowest BCUT2D eigenvalue weighted by molar-refractivity contribution is -0.132. The zero-order valence-electron chi connectivity index (χ0n) is 12.1. The van der Waals surface area contributed by atoms with E-state index in [-0.39, 0.29) is 30.5 Å². The molecule has 0 unspecified atom stereocenters. The van der Waals surface area contributed by atoms with Crippen LogP contribution in [0.2, 0.25) is 0 Å². The van der Waals surface area contributed by atoms with Crippen LogP contribution in [0, 0.1) is 0 Å². The maximum atomic E-state index is 12.1. The van der Waals surface area contributed by atoms with Gasteiger partial charge in [-0.3, -0.25) is 4.99 Å². The number of alkyl halides is 3. The Balaban J connectivity index is 0.00000441. The fraction of sp³-hybridized carbons (Fsp3) is 0.462. The van der Waals surface area contributed by atoms with Crippen molar-refractivity contribution in [2.75, 3.05) is 20.7 Å². The summed E-state index contributed by atoms with van der Waals surface area (Å²) >= 11 is 3.37. The van der Waals surface area contributed by atoms with Crippen molar-refractivity contribution >= 4 is 45.9 Å². The molecule has 0 bridgehead atoms. The summed E-state index contributed by atoms with van der Waals surface area (Å²) in [5, 5.41) is 5.56. The third kappa shape index (κ3) is 8.06. The molecular weight excluding hydrogens is 478 g/mol. The summed E-state index contributed by atoms with van der Waals surface area (Å²) in [7, 11) is 3.08. The van der Waals surface area contributed by atoms with Gasteiger partial charge >= 0.3 is 6.18 Å². The van der Waals surface area contributed by atoms with Crippen molar-refractivity contribution in [3.8, 4) is 5.75 Å². The van der Waals surface area contributed by atoms with Gasteiger partial charge in [0.2, 0.25) is 0 Å². The van der Waals surface area contributed by atoms with Gasteiger partial charge in [-0.2, -0.15) is 13.2 Å². The zero-order chi connectivity index (χ0) is 15.9. The van der Waals surface area contributed by atoms with Gasteiger partial charge in [-0.05, 0) is 33.6 Å². The third-order valence-electron chi connectivity index (χ3n) is 2.60. The molecular formula is C13H18BrF3IN3O. The van der Waals surface area contributed by atoms with Crippen molar-refractivity contribution in [2.24, 2.45) is 4.99 Å². The van der Waals surface area contributed by atoms with Crippen LogP contribution in [0.5, 0.6) is 5.75 Å². The average Bonchev–Trinajstić information content (AvgIpc) is 2.41. The van der Waals surface area contributed by atoms with Gasteiger partial charge in [-0.15, -0.1) is 24.0 Å². The van der Waals surface area contributed by atoms with E-state index in [1.165, 1.54) is 7.05 Å². The quantitative estimate of drug-likeness (QED) is 0.372. The number of rotatable bonds is 5. The Kier molecular flexibility index (Phi) is 9.81. The molecule has 0 aliphatic heterocycles. The number of nitrogens with one attached hydrogen (secondary N) is 2. The fourth-order valence-corrected chi connectivity index (χ4v) is 2.14. The smallest absolute Gasteiger partial charge is 0.390 e. The normalized spacial score (nSPS) is 11.6. The number of benzene rings is 1. The molecule has 0 saturated heterocycles. The van der Waals surface area contributed by atoms with E-state index in [0.717, 1.165) is 10.0 Å². The summed E-state index contributed by atoms with van der Waals surface area (Å²) in [6.45, 7) is 0.226. The lowest BCUT2D eigenvalue weighted by atomic mass is 10.2. The molecule has 9 heteroatoms. The summed E-state index contributed by atoms with van der Waals surface area (Å²) in [5.41, 5.74) is 0.946. The van der Waals surface area contributed by atoms with E-state index < -0.39 is 12.6 Å². The monoisotopic (exact) mass is 495 g/mol. The van der Waals surface area contributed by atoms with E-state index in [4.69, 9.17) is 4.74 Å². The number of methoxy groups -OCH3 is 1. The lowest BCUT2D eigenvalue weighted by Crippen LogP contribution is -2.38. The summed E-state index contributed by atoms with van der Waals surface area (Å²) in [6.07, 6.45) is -5.07. The first kappa shape index (κ1) is 21.3. The highest BCUT2D eigenvalue weighted by atomic mass is 127. The summed E-state index contributed by atoms with van der Waals surface area (Å²) in [4.78, 5) is 3.87. The second kappa shape index (κ2) is 10.1. The maximum Gasteiger partial charge on any atom is 0.390 e. The predicted octanol–water partition coefficient (Wildman–Crippen LogP) is 3.69. The molecule has 22 heavy (non-hydrogen) atoms. The Hall–Kier alpha value is -0.710. The molecule has 4 nitrogen and oxygen atoms in total. The van der Waals surface area contributed by atoms with Crippen LogP contribution in [0.15, 0.2) is 27.7 Å². The SMILES string of the molecule is CN=C(NCCC(F)(F)F)NCc1ccc(OC)c(Br)c1.I. The van der Waals surface area contributed by atoms with Gasteiger partial charge in [0.15, 0.2) is 5.96 Å². The van der Waals surface area contributed by atoms with Crippen molar-refractivity contribution in [3.05, 3.63) is 28.2 Å². The second-order valence-corrected chi connectivity index (χ2v) is 5.04. The van der Waals surface area contributed by atoms with E-state index in [1.807, 2.05) is 12.1 Å². The van der Waals surface area contributed by atoms with Gasteiger partial charge in [0.25, 0.3) is 0 Å². The van der Waals surface area contributed by atoms with Crippen LogP contribution < -0.4 is 15.4 Å². The molecule has 0 spiro atoms. The zero-order valence-corrected chi connectivity index (χ0v) is 16.0. The Morgan fingerprint density at radius 1 is 1.32 bits per heavy atom. The van der Waals surface area contributed by atoms with Crippen LogP contribution in [0.1, 0.15) is 12.0 Å². The van der Waals surface area contributed by atoms with Gasteiger partial charge < -0.3 is 15.4 Å². The van der Waals surface area contributed by atoms with Crippen molar-refractivity contribution in [2.45, 2.75) is 19.1 Å². The summed E-state index contributed by atoms with van der Waals surface area (Å²) < 4.78 is 42.1. The minimum Gasteiger partial charge on any atom is -0.496 e. The van der Waals surface area contributed by atoms with Crippen molar-refractivity contribution in [1.82, 2.24) is 10.6 Å². The van der Waals surface area contributed by atoms with Crippen LogP contribution in [-0.4, -0.2) is 32.8 Å². The van der Waals surface area contributed by atoms with E-state index in [9.17, 15) is 13.2 Å².